The lowest BCUT2D eigenvalue weighted by atomic mass is 9.67. The minimum atomic E-state index is -4.47. The highest BCUT2D eigenvalue weighted by Crippen LogP contribution is 2.42. The van der Waals surface area contributed by atoms with E-state index >= 15 is 0 Å². The van der Waals surface area contributed by atoms with E-state index in [4.69, 9.17) is 4.74 Å². The summed E-state index contributed by atoms with van der Waals surface area (Å²) in [5.41, 5.74) is 2.16. The Labute approximate surface area is 218 Å². The molecule has 200 valence electrons. The number of anilines is 2. The summed E-state index contributed by atoms with van der Waals surface area (Å²) in [5, 5.41) is 7.80. The van der Waals surface area contributed by atoms with Crippen molar-refractivity contribution in [2.75, 3.05) is 18.5 Å². The van der Waals surface area contributed by atoms with Gasteiger partial charge in [-0.2, -0.15) is 13.2 Å². The van der Waals surface area contributed by atoms with Crippen LogP contribution < -0.4 is 15.4 Å². The number of rotatable bonds is 8. The third kappa shape index (κ3) is 6.56. The maximum atomic E-state index is 13.7. The fraction of sp³-hybridized carbons (Fsp3) is 0.500. The minimum absolute atomic E-state index is 0. The predicted octanol–water partition coefficient (Wildman–Crippen LogP) is 8.41. The van der Waals surface area contributed by atoms with Crippen molar-refractivity contribution in [3.05, 3.63) is 59.8 Å². The van der Waals surface area contributed by atoms with Gasteiger partial charge >= 0.3 is 6.18 Å². The van der Waals surface area contributed by atoms with Gasteiger partial charge in [-0.3, -0.25) is 4.98 Å². The fourth-order valence-electron chi connectivity index (χ4n) is 6.04. The Hall–Kier alpha value is -2.80. The first-order chi connectivity index (χ1) is 17.3. The molecule has 2 saturated carbocycles. The summed E-state index contributed by atoms with van der Waals surface area (Å²) >= 11 is 0. The zero-order valence-corrected chi connectivity index (χ0v) is 20.8. The molecule has 2 bridgehead atoms. The van der Waals surface area contributed by atoms with Gasteiger partial charge in [-0.25, -0.2) is 0 Å². The monoisotopic (exact) mass is 513 g/mol. The minimum Gasteiger partial charge on any atom is -0.493 e. The molecule has 1 heterocycles. The lowest BCUT2D eigenvalue weighted by molar-refractivity contribution is -0.137. The molecule has 37 heavy (non-hydrogen) atoms. The van der Waals surface area contributed by atoms with Crippen molar-refractivity contribution < 1.29 is 17.9 Å². The van der Waals surface area contributed by atoms with E-state index in [-0.39, 0.29) is 18.7 Å². The van der Waals surface area contributed by atoms with Crippen LogP contribution in [-0.4, -0.2) is 23.7 Å². The van der Waals surface area contributed by atoms with E-state index in [0.29, 0.717) is 18.0 Å². The number of nitrogens with zero attached hydrogens (tertiary/aromatic N) is 1. The maximum absolute atomic E-state index is 13.7. The van der Waals surface area contributed by atoms with Crippen LogP contribution in [-0.2, 0) is 6.18 Å². The number of aromatic nitrogens is 1. The van der Waals surface area contributed by atoms with Crippen molar-refractivity contribution in [3.8, 4) is 5.75 Å². The van der Waals surface area contributed by atoms with Gasteiger partial charge in [0.1, 0.15) is 5.75 Å². The normalized spacial score (nSPS) is 21.4. The van der Waals surface area contributed by atoms with Crippen LogP contribution in [0.25, 0.3) is 10.9 Å². The quantitative estimate of drug-likeness (QED) is 0.297. The zero-order chi connectivity index (χ0) is 25.2. The summed E-state index contributed by atoms with van der Waals surface area (Å²) in [6.07, 6.45) is 5.30. The molecule has 2 N–H and O–H groups in total. The number of nitrogens with one attached hydrogen (secondary N) is 2. The number of hydrogen-bond acceptors (Lipinski definition) is 4. The van der Waals surface area contributed by atoms with Gasteiger partial charge < -0.3 is 15.4 Å². The van der Waals surface area contributed by atoms with E-state index in [9.17, 15) is 13.2 Å². The number of aryl methyl sites for hydroxylation is 1. The number of fused-ring (bicyclic) bond motifs is 3. The molecule has 2 fully saturated rings. The Kier molecular flexibility index (Phi) is 8.32. The third-order valence-electron chi connectivity index (χ3n) is 7.66. The Morgan fingerprint density at radius 1 is 1.05 bits per heavy atom. The molecule has 0 atom stereocenters. The van der Waals surface area contributed by atoms with Crippen molar-refractivity contribution >= 4 is 22.3 Å². The number of ether oxygens (including phenoxy) is 1. The molecular formula is C30H38F3N3O. The van der Waals surface area contributed by atoms with Crippen molar-refractivity contribution in [1.29, 1.82) is 0 Å². The molecule has 2 aliphatic rings. The van der Waals surface area contributed by atoms with Gasteiger partial charge in [0.05, 0.1) is 17.7 Å². The van der Waals surface area contributed by atoms with E-state index in [1.807, 2.05) is 37.3 Å². The molecule has 0 aliphatic heterocycles. The van der Waals surface area contributed by atoms with Crippen LogP contribution in [0.5, 0.6) is 5.75 Å². The molecular weight excluding hydrogens is 475 g/mol. The van der Waals surface area contributed by atoms with E-state index in [1.54, 1.807) is 6.07 Å². The average Bonchev–Trinajstić information content (AvgIpc) is 2.83. The summed E-state index contributed by atoms with van der Waals surface area (Å²) in [6, 6.07) is 13.3. The second-order valence-electron chi connectivity index (χ2n) is 10.5. The van der Waals surface area contributed by atoms with Crippen molar-refractivity contribution in [1.82, 2.24) is 10.3 Å². The van der Waals surface area contributed by atoms with Crippen molar-refractivity contribution in [2.24, 2.45) is 5.92 Å². The standard InChI is InChI=1S/C29H34F3N3O.CH4/c1-20-15-27(25-9-2-3-10-26(25)34-20)35-23-16-22(29(30,31)32)17-24(18-23)36-14-6-13-33-28-11-4-7-21(19-28)8-5-12-28;/h2-3,9-10,15-18,21,33H,4-8,11-14,19H2,1H3,(H,34,35);1H4. The van der Waals surface area contributed by atoms with Gasteiger partial charge in [0, 0.05) is 34.1 Å². The first kappa shape index (κ1) is 27.2. The Morgan fingerprint density at radius 3 is 2.57 bits per heavy atom. The largest absolute Gasteiger partial charge is 0.493 e. The van der Waals surface area contributed by atoms with Gasteiger partial charge in [-0.15, -0.1) is 0 Å². The van der Waals surface area contributed by atoms with E-state index < -0.39 is 11.7 Å². The molecule has 7 heteroatoms. The lowest BCUT2D eigenvalue weighted by Gasteiger charge is -2.46. The smallest absolute Gasteiger partial charge is 0.416 e. The molecule has 0 saturated heterocycles. The van der Waals surface area contributed by atoms with Crippen molar-refractivity contribution in [3.63, 3.8) is 0 Å². The Morgan fingerprint density at radius 2 is 1.81 bits per heavy atom. The molecule has 2 aliphatic carbocycles. The third-order valence-corrected chi connectivity index (χ3v) is 7.66. The summed E-state index contributed by atoms with van der Waals surface area (Å²) in [7, 11) is 0. The zero-order valence-electron chi connectivity index (χ0n) is 20.8. The number of hydrogen-bond donors (Lipinski definition) is 2. The number of alkyl halides is 3. The van der Waals surface area contributed by atoms with E-state index in [1.165, 1.54) is 44.9 Å². The SMILES string of the molecule is C.Cc1cc(Nc2cc(OCCCNC34CCCC(CCC3)C4)cc(C(F)(F)F)c2)c2ccccc2n1. The second-order valence-corrected chi connectivity index (χ2v) is 10.5. The van der Waals surface area contributed by atoms with Gasteiger partial charge in [0.25, 0.3) is 0 Å². The number of halogens is 3. The highest BCUT2D eigenvalue weighted by molar-refractivity contribution is 5.93. The lowest BCUT2D eigenvalue weighted by Crippen LogP contribution is -2.51. The average molecular weight is 514 g/mol. The van der Waals surface area contributed by atoms with Crippen LogP contribution in [0.2, 0.25) is 0 Å². The van der Waals surface area contributed by atoms with Crippen molar-refractivity contribution in [2.45, 2.75) is 77.4 Å². The highest BCUT2D eigenvalue weighted by Gasteiger charge is 2.38. The predicted molar refractivity (Wildman–Crippen MR) is 145 cm³/mol. The summed E-state index contributed by atoms with van der Waals surface area (Å²) in [6.45, 7) is 3.05. The van der Waals surface area contributed by atoms with Gasteiger partial charge in [-0.1, -0.05) is 51.3 Å². The van der Waals surface area contributed by atoms with Gasteiger partial charge in [0.15, 0.2) is 0 Å². The van der Waals surface area contributed by atoms with Gasteiger partial charge in [0.2, 0.25) is 0 Å². The molecule has 5 rings (SSSR count). The molecule has 1 aromatic heterocycles. The summed E-state index contributed by atoms with van der Waals surface area (Å²) in [4.78, 5) is 4.51. The van der Waals surface area contributed by atoms with Crippen LogP contribution in [0.1, 0.15) is 70.1 Å². The van der Waals surface area contributed by atoms with Gasteiger partial charge in [-0.05, 0) is 69.3 Å². The van der Waals surface area contributed by atoms with E-state index in [0.717, 1.165) is 47.6 Å². The Balaban J connectivity index is 0.00000320. The second kappa shape index (κ2) is 11.3. The Bertz CT molecular complexity index is 1200. The molecule has 0 amide bonds. The molecule has 4 nitrogen and oxygen atoms in total. The number of benzene rings is 2. The highest BCUT2D eigenvalue weighted by atomic mass is 19.4. The molecule has 0 radical (unpaired) electrons. The summed E-state index contributed by atoms with van der Waals surface area (Å²) in [5.74, 6) is 1.07. The topological polar surface area (TPSA) is 46.2 Å². The van der Waals surface area contributed by atoms with Crippen LogP contribution >= 0.6 is 0 Å². The molecule has 0 unspecified atom stereocenters. The fourth-order valence-corrected chi connectivity index (χ4v) is 6.04. The molecule has 0 spiro atoms. The first-order valence-electron chi connectivity index (χ1n) is 13.0. The van der Waals surface area contributed by atoms with E-state index in [2.05, 4.69) is 15.6 Å². The maximum Gasteiger partial charge on any atom is 0.416 e. The van der Waals surface area contributed by atoms with Crippen LogP contribution in [0.3, 0.4) is 0 Å². The number of pyridine rings is 1. The molecule has 2 aromatic carbocycles. The molecule has 3 aromatic rings. The first-order valence-corrected chi connectivity index (χ1v) is 13.0. The van der Waals surface area contributed by atoms with Crippen LogP contribution in [0.15, 0.2) is 48.5 Å². The summed E-state index contributed by atoms with van der Waals surface area (Å²) < 4.78 is 46.8. The van der Waals surface area contributed by atoms with Crippen LogP contribution in [0.4, 0.5) is 24.5 Å². The van der Waals surface area contributed by atoms with Crippen LogP contribution in [0, 0.1) is 12.8 Å². The number of para-hydroxylation sites is 1.